The van der Waals surface area contributed by atoms with Crippen molar-refractivity contribution in [1.29, 1.82) is 0 Å². The molecule has 2 atom stereocenters. The number of allylic oxidation sites excluding steroid dienone is 3. The summed E-state index contributed by atoms with van der Waals surface area (Å²) in [6, 6.07) is 14.5. The number of esters is 1. The Labute approximate surface area is 135 Å². The number of ether oxygens (including phenoxy) is 1. The van der Waals surface area contributed by atoms with Crippen LogP contribution in [0.4, 0.5) is 0 Å². The standard InChI is InChI=1S/C21H18O2/c1-14-19(18-13-7-11-15-8-5-6-12-17(15)18)20(23-21(14)22)16-9-3-2-4-10-16/h2-3,5-9,11-13,19-20H,1,4,10H2/t19-,20-/m1/s1. The first-order chi connectivity index (χ1) is 11.3. The SMILES string of the molecule is C=C1C(=O)O[C@H](C2=CC=CCC2)[C@H]1c1cccc2ccccc12. The molecular weight excluding hydrogens is 284 g/mol. The fraction of sp³-hybridized carbons (Fsp3) is 0.190. The van der Waals surface area contributed by atoms with Crippen LogP contribution in [0.5, 0.6) is 0 Å². The minimum Gasteiger partial charge on any atom is -0.453 e. The molecule has 2 aliphatic rings. The van der Waals surface area contributed by atoms with Crippen molar-refractivity contribution in [1.82, 2.24) is 0 Å². The molecule has 4 rings (SSSR count). The van der Waals surface area contributed by atoms with E-state index in [9.17, 15) is 4.79 Å². The molecule has 0 bridgehead atoms. The van der Waals surface area contributed by atoms with E-state index in [1.165, 1.54) is 11.0 Å². The second-order valence-corrected chi connectivity index (χ2v) is 6.11. The summed E-state index contributed by atoms with van der Waals surface area (Å²) >= 11 is 0. The van der Waals surface area contributed by atoms with Crippen LogP contribution in [0.1, 0.15) is 24.3 Å². The van der Waals surface area contributed by atoms with E-state index in [0.29, 0.717) is 5.57 Å². The lowest BCUT2D eigenvalue weighted by atomic mass is 9.82. The maximum atomic E-state index is 12.2. The summed E-state index contributed by atoms with van der Waals surface area (Å²) in [5.74, 6) is -0.380. The van der Waals surface area contributed by atoms with E-state index in [0.717, 1.165) is 23.8 Å². The summed E-state index contributed by atoms with van der Waals surface area (Å²) in [5, 5.41) is 2.34. The number of fused-ring (bicyclic) bond motifs is 1. The van der Waals surface area contributed by atoms with E-state index in [2.05, 4.69) is 43.0 Å². The van der Waals surface area contributed by atoms with Gasteiger partial charge < -0.3 is 4.74 Å². The molecule has 0 saturated carbocycles. The van der Waals surface area contributed by atoms with Crippen molar-refractivity contribution in [2.24, 2.45) is 0 Å². The van der Waals surface area contributed by atoms with Crippen LogP contribution in [0.25, 0.3) is 10.8 Å². The van der Waals surface area contributed by atoms with E-state index < -0.39 is 0 Å². The Kier molecular flexibility index (Phi) is 3.38. The lowest BCUT2D eigenvalue weighted by Crippen LogP contribution is -2.19. The van der Waals surface area contributed by atoms with Crippen LogP contribution in [0.15, 0.2) is 78.4 Å². The molecule has 2 heteroatoms. The van der Waals surface area contributed by atoms with Gasteiger partial charge in [-0.15, -0.1) is 0 Å². The van der Waals surface area contributed by atoms with Crippen molar-refractivity contribution in [3.05, 3.63) is 84.0 Å². The minimum absolute atomic E-state index is 0.105. The van der Waals surface area contributed by atoms with Crippen LogP contribution in [0.2, 0.25) is 0 Å². The molecule has 1 aliphatic carbocycles. The number of carbonyl (C=O) groups is 1. The van der Waals surface area contributed by atoms with Crippen LogP contribution >= 0.6 is 0 Å². The maximum absolute atomic E-state index is 12.2. The van der Waals surface area contributed by atoms with Crippen LogP contribution in [-0.2, 0) is 9.53 Å². The van der Waals surface area contributed by atoms with Crippen molar-refractivity contribution >= 4 is 16.7 Å². The average molecular weight is 302 g/mol. The van der Waals surface area contributed by atoms with Crippen molar-refractivity contribution in [2.45, 2.75) is 24.9 Å². The molecule has 23 heavy (non-hydrogen) atoms. The Balaban J connectivity index is 1.86. The van der Waals surface area contributed by atoms with Gasteiger partial charge in [0.05, 0.1) is 5.92 Å². The predicted molar refractivity (Wildman–Crippen MR) is 92.2 cm³/mol. The largest absolute Gasteiger partial charge is 0.453 e. The van der Waals surface area contributed by atoms with Gasteiger partial charge >= 0.3 is 5.97 Å². The molecule has 1 aliphatic heterocycles. The van der Waals surface area contributed by atoms with Crippen LogP contribution in [-0.4, -0.2) is 12.1 Å². The van der Waals surface area contributed by atoms with Crippen LogP contribution in [0, 0.1) is 0 Å². The van der Waals surface area contributed by atoms with Gasteiger partial charge in [0, 0.05) is 5.57 Å². The van der Waals surface area contributed by atoms with Crippen LogP contribution < -0.4 is 0 Å². The molecule has 1 heterocycles. The molecular formula is C21H18O2. The highest BCUT2D eigenvalue weighted by molar-refractivity contribution is 5.95. The smallest absolute Gasteiger partial charge is 0.334 e. The zero-order valence-electron chi connectivity index (χ0n) is 12.9. The molecule has 0 aromatic heterocycles. The molecule has 0 radical (unpaired) electrons. The molecule has 0 unspecified atom stereocenters. The highest BCUT2D eigenvalue weighted by Crippen LogP contribution is 2.43. The molecule has 0 spiro atoms. The zero-order valence-corrected chi connectivity index (χ0v) is 12.9. The molecule has 0 amide bonds. The maximum Gasteiger partial charge on any atom is 0.334 e. The minimum atomic E-state index is -0.275. The Hall–Kier alpha value is -2.61. The molecule has 0 N–H and O–H groups in total. The van der Waals surface area contributed by atoms with Crippen molar-refractivity contribution in [3.8, 4) is 0 Å². The van der Waals surface area contributed by atoms with Gasteiger partial charge in [-0.3, -0.25) is 0 Å². The van der Waals surface area contributed by atoms with Gasteiger partial charge in [0.1, 0.15) is 6.10 Å². The van der Waals surface area contributed by atoms with E-state index in [-0.39, 0.29) is 18.0 Å². The second-order valence-electron chi connectivity index (χ2n) is 6.11. The van der Waals surface area contributed by atoms with Crippen LogP contribution in [0.3, 0.4) is 0 Å². The number of benzene rings is 2. The summed E-state index contributed by atoms with van der Waals surface area (Å²) in [5.41, 5.74) is 2.86. The quantitative estimate of drug-likeness (QED) is 0.594. The Morgan fingerprint density at radius 2 is 1.91 bits per heavy atom. The highest BCUT2D eigenvalue weighted by Gasteiger charge is 2.41. The normalized spacial score (nSPS) is 23.9. The van der Waals surface area contributed by atoms with Gasteiger partial charge in [0.2, 0.25) is 0 Å². The first-order valence-electron chi connectivity index (χ1n) is 7.99. The highest BCUT2D eigenvalue weighted by atomic mass is 16.6. The number of carbonyl (C=O) groups excluding carboxylic acids is 1. The molecule has 114 valence electrons. The fourth-order valence-electron chi connectivity index (χ4n) is 3.59. The topological polar surface area (TPSA) is 26.3 Å². The van der Waals surface area contributed by atoms with Crippen molar-refractivity contribution in [2.75, 3.05) is 0 Å². The number of hydrogen-bond donors (Lipinski definition) is 0. The van der Waals surface area contributed by atoms with E-state index >= 15 is 0 Å². The van der Waals surface area contributed by atoms with Gasteiger partial charge in [0.15, 0.2) is 0 Å². The summed E-state index contributed by atoms with van der Waals surface area (Å²) in [6.45, 7) is 4.03. The van der Waals surface area contributed by atoms with Gasteiger partial charge in [0.25, 0.3) is 0 Å². The third kappa shape index (κ3) is 2.31. The second kappa shape index (κ2) is 5.54. The third-order valence-electron chi connectivity index (χ3n) is 4.74. The van der Waals surface area contributed by atoms with E-state index in [1.807, 2.05) is 24.3 Å². The number of hydrogen-bond acceptors (Lipinski definition) is 2. The van der Waals surface area contributed by atoms with Gasteiger partial charge in [-0.2, -0.15) is 0 Å². The Morgan fingerprint density at radius 3 is 2.74 bits per heavy atom. The number of rotatable bonds is 2. The summed E-state index contributed by atoms with van der Waals surface area (Å²) in [4.78, 5) is 12.2. The summed E-state index contributed by atoms with van der Waals surface area (Å²) in [6.07, 6.45) is 7.97. The van der Waals surface area contributed by atoms with Crippen molar-refractivity contribution in [3.63, 3.8) is 0 Å². The lowest BCUT2D eigenvalue weighted by molar-refractivity contribution is -0.137. The van der Waals surface area contributed by atoms with Crippen molar-refractivity contribution < 1.29 is 9.53 Å². The molecule has 2 nitrogen and oxygen atoms in total. The fourth-order valence-corrected chi connectivity index (χ4v) is 3.59. The zero-order chi connectivity index (χ0) is 15.8. The van der Waals surface area contributed by atoms with E-state index in [1.54, 1.807) is 0 Å². The first kappa shape index (κ1) is 14.0. The predicted octanol–water partition coefficient (Wildman–Crippen LogP) is 4.68. The Bertz CT molecular complexity index is 852. The third-order valence-corrected chi connectivity index (χ3v) is 4.74. The monoisotopic (exact) mass is 302 g/mol. The lowest BCUT2D eigenvalue weighted by Gasteiger charge is -2.23. The number of cyclic esters (lactones) is 1. The summed E-state index contributed by atoms with van der Waals surface area (Å²) in [7, 11) is 0. The van der Waals surface area contributed by atoms with Gasteiger partial charge in [-0.05, 0) is 34.8 Å². The molecule has 2 aromatic rings. The first-order valence-corrected chi connectivity index (χ1v) is 7.99. The van der Waals surface area contributed by atoms with Gasteiger partial charge in [-0.25, -0.2) is 4.79 Å². The Morgan fingerprint density at radius 1 is 1.09 bits per heavy atom. The molecule has 1 fully saturated rings. The molecule has 2 aromatic carbocycles. The summed E-state index contributed by atoms with van der Waals surface area (Å²) < 4.78 is 5.69. The van der Waals surface area contributed by atoms with Gasteiger partial charge in [-0.1, -0.05) is 67.3 Å². The molecule has 1 saturated heterocycles. The average Bonchev–Trinajstić information content (AvgIpc) is 2.90. The van der Waals surface area contributed by atoms with E-state index in [4.69, 9.17) is 4.74 Å².